The molecule has 7 heteroatoms. The number of anilines is 1. The Kier molecular flexibility index (Phi) is 4.21. The van der Waals surface area contributed by atoms with Gasteiger partial charge in [0.15, 0.2) is 0 Å². The first-order valence-corrected chi connectivity index (χ1v) is 6.64. The van der Waals surface area contributed by atoms with Gasteiger partial charge < -0.3 is 15.1 Å². The highest BCUT2D eigenvalue weighted by atomic mass is 16.3. The van der Waals surface area contributed by atoms with E-state index in [0.29, 0.717) is 17.3 Å². The summed E-state index contributed by atoms with van der Waals surface area (Å²) < 4.78 is 5.34. The molecule has 2 amide bonds. The second-order valence-corrected chi connectivity index (χ2v) is 5.71. The average molecular weight is 289 g/mol. The fourth-order valence-corrected chi connectivity index (χ4v) is 1.59. The normalized spacial score (nSPS) is 11.2. The van der Waals surface area contributed by atoms with Crippen LogP contribution in [0.2, 0.25) is 0 Å². The molecule has 2 aromatic heterocycles. The molecule has 2 rings (SSSR count). The van der Waals surface area contributed by atoms with Crippen molar-refractivity contribution >= 4 is 11.7 Å². The number of oxazole rings is 1. The van der Waals surface area contributed by atoms with E-state index in [1.807, 2.05) is 20.8 Å². The van der Waals surface area contributed by atoms with E-state index in [4.69, 9.17) is 4.42 Å². The van der Waals surface area contributed by atoms with Gasteiger partial charge in [-0.1, -0.05) is 20.8 Å². The molecule has 0 radical (unpaired) electrons. The van der Waals surface area contributed by atoms with Gasteiger partial charge in [-0.25, -0.2) is 9.78 Å². The van der Waals surface area contributed by atoms with Crippen LogP contribution in [0.4, 0.5) is 10.5 Å². The Hall–Kier alpha value is -2.44. The smallest absolute Gasteiger partial charge is 0.319 e. The number of carbonyl (C=O) groups is 1. The molecule has 2 heterocycles. The molecule has 7 nitrogen and oxygen atoms in total. The summed E-state index contributed by atoms with van der Waals surface area (Å²) in [6.45, 7) is 8.14. The number of hydrogen-bond donors (Lipinski definition) is 2. The summed E-state index contributed by atoms with van der Waals surface area (Å²) in [5.74, 6) is 0.472. The van der Waals surface area contributed by atoms with Crippen molar-refractivity contribution in [3.05, 3.63) is 35.8 Å². The zero-order valence-electron chi connectivity index (χ0n) is 12.6. The van der Waals surface area contributed by atoms with E-state index in [2.05, 4.69) is 25.8 Å². The summed E-state index contributed by atoms with van der Waals surface area (Å²) in [6.07, 6.45) is 3.14. The lowest BCUT2D eigenvalue weighted by Gasteiger charge is -2.13. The third-order valence-electron chi connectivity index (χ3n) is 2.87. The molecule has 2 N–H and O–H groups in total. The molecule has 0 bridgehead atoms. The van der Waals surface area contributed by atoms with E-state index < -0.39 is 0 Å². The van der Waals surface area contributed by atoms with E-state index in [9.17, 15) is 4.79 Å². The number of amides is 2. The van der Waals surface area contributed by atoms with Gasteiger partial charge in [0.05, 0.1) is 29.8 Å². The van der Waals surface area contributed by atoms with Crippen molar-refractivity contribution in [3.63, 3.8) is 0 Å². The lowest BCUT2D eigenvalue weighted by molar-refractivity contribution is 0.250. The second kappa shape index (κ2) is 5.90. The van der Waals surface area contributed by atoms with E-state index >= 15 is 0 Å². The van der Waals surface area contributed by atoms with Crippen LogP contribution in [0.5, 0.6) is 0 Å². The molecule has 0 fully saturated rings. The second-order valence-electron chi connectivity index (χ2n) is 5.71. The van der Waals surface area contributed by atoms with Gasteiger partial charge in [0, 0.05) is 5.41 Å². The maximum atomic E-state index is 11.8. The third-order valence-corrected chi connectivity index (χ3v) is 2.87. The fourth-order valence-electron chi connectivity index (χ4n) is 1.59. The number of nitrogens with zero attached hydrogens (tertiary/aromatic N) is 3. The molecule has 2 aromatic rings. The molecule has 0 spiro atoms. The van der Waals surface area contributed by atoms with Gasteiger partial charge in [0.25, 0.3) is 0 Å². The summed E-state index contributed by atoms with van der Waals surface area (Å²) >= 11 is 0. The predicted octanol–water partition coefficient (Wildman–Crippen LogP) is 2.39. The molecule has 0 atom stereocenters. The maximum Gasteiger partial charge on any atom is 0.319 e. The summed E-state index contributed by atoms with van der Waals surface area (Å²) in [7, 11) is 0. The summed E-state index contributed by atoms with van der Waals surface area (Å²) in [5.41, 5.74) is 2.04. The van der Waals surface area contributed by atoms with Gasteiger partial charge in [-0.2, -0.15) is 10.2 Å². The number of nitrogens with one attached hydrogen (secondary N) is 2. The minimum absolute atomic E-state index is 0.0795. The standard InChI is InChI=1S/C14H19N5O2/c1-9-10(5-6-16-19-9)17-13(20)15-7-12-18-11(8-21-12)14(2,3)4/h5-6,8H,7H2,1-4H3,(H2,15,16,17,20). The minimum atomic E-state index is -0.346. The monoisotopic (exact) mass is 289 g/mol. The number of carbonyl (C=O) groups excluding carboxylic acids is 1. The Labute approximate surface area is 123 Å². The maximum absolute atomic E-state index is 11.8. The molecule has 0 aromatic carbocycles. The van der Waals surface area contributed by atoms with Crippen molar-refractivity contribution in [3.8, 4) is 0 Å². The van der Waals surface area contributed by atoms with Gasteiger partial charge in [0.2, 0.25) is 5.89 Å². The van der Waals surface area contributed by atoms with Crippen LogP contribution in [0.1, 0.15) is 38.0 Å². The van der Waals surface area contributed by atoms with E-state index in [-0.39, 0.29) is 18.0 Å². The van der Waals surface area contributed by atoms with Gasteiger partial charge in [-0.15, -0.1) is 0 Å². The third kappa shape index (κ3) is 4.01. The van der Waals surface area contributed by atoms with Crippen molar-refractivity contribution in [2.45, 2.75) is 39.7 Å². The molecule has 0 aliphatic heterocycles. The Bertz CT molecular complexity index is 630. The Morgan fingerprint density at radius 2 is 2.14 bits per heavy atom. The van der Waals surface area contributed by atoms with Crippen LogP contribution in [-0.4, -0.2) is 21.2 Å². The minimum Gasteiger partial charge on any atom is -0.447 e. The highest BCUT2D eigenvalue weighted by Gasteiger charge is 2.18. The topological polar surface area (TPSA) is 92.9 Å². The van der Waals surface area contributed by atoms with Crippen LogP contribution >= 0.6 is 0 Å². The highest BCUT2D eigenvalue weighted by molar-refractivity contribution is 5.89. The van der Waals surface area contributed by atoms with Crippen LogP contribution in [0.3, 0.4) is 0 Å². The van der Waals surface area contributed by atoms with E-state index in [1.54, 1.807) is 19.3 Å². The fraction of sp³-hybridized carbons (Fsp3) is 0.429. The van der Waals surface area contributed by atoms with Crippen molar-refractivity contribution in [1.29, 1.82) is 0 Å². The molecule has 0 unspecified atom stereocenters. The van der Waals surface area contributed by atoms with Crippen LogP contribution in [0.25, 0.3) is 0 Å². The first kappa shape index (κ1) is 15.0. The summed E-state index contributed by atoms with van der Waals surface area (Å²) in [4.78, 5) is 16.1. The van der Waals surface area contributed by atoms with E-state index in [1.165, 1.54) is 6.20 Å². The van der Waals surface area contributed by atoms with Gasteiger partial charge in [-0.3, -0.25) is 0 Å². The summed E-state index contributed by atoms with van der Waals surface area (Å²) in [6, 6.07) is 1.34. The van der Waals surface area contributed by atoms with Crippen molar-refractivity contribution in [1.82, 2.24) is 20.5 Å². The molecule has 0 aliphatic carbocycles. The first-order chi connectivity index (χ1) is 9.86. The zero-order chi connectivity index (χ0) is 15.5. The molecule has 112 valence electrons. The number of aromatic nitrogens is 3. The van der Waals surface area contributed by atoms with Crippen molar-refractivity contribution in [2.75, 3.05) is 5.32 Å². The Balaban J connectivity index is 1.90. The van der Waals surface area contributed by atoms with E-state index in [0.717, 1.165) is 5.69 Å². The quantitative estimate of drug-likeness (QED) is 0.905. The molecule has 0 saturated heterocycles. The zero-order valence-corrected chi connectivity index (χ0v) is 12.6. The van der Waals surface area contributed by atoms with Gasteiger partial charge >= 0.3 is 6.03 Å². The number of aryl methyl sites for hydroxylation is 1. The van der Waals surface area contributed by atoms with Crippen molar-refractivity contribution < 1.29 is 9.21 Å². The largest absolute Gasteiger partial charge is 0.447 e. The average Bonchev–Trinajstić information content (AvgIpc) is 2.88. The highest BCUT2D eigenvalue weighted by Crippen LogP contribution is 2.20. The number of rotatable bonds is 3. The SMILES string of the molecule is Cc1nnccc1NC(=O)NCc1nc(C(C)(C)C)co1. The Morgan fingerprint density at radius 3 is 2.76 bits per heavy atom. The van der Waals surface area contributed by atoms with Crippen molar-refractivity contribution in [2.24, 2.45) is 0 Å². The van der Waals surface area contributed by atoms with Crippen LogP contribution in [0.15, 0.2) is 22.9 Å². The number of hydrogen-bond acceptors (Lipinski definition) is 5. The summed E-state index contributed by atoms with van der Waals surface area (Å²) in [5, 5.41) is 13.0. The molecular formula is C14H19N5O2. The first-order valence-electron chi connectivity index (χ1n) is 6.64. The molecule has 0 aliphatic rings. The van der Waals surface area contributed by atoms with Gasteiger partial charge in [0.1, 0.15) is 6.26 Å². The molecule has 0 saturated carbocycles. The van der Waals surface area contributed by atoms with Gasteiger partial charge in [-0.05, 0) is 13.0 Å². The number of urea groups is 1. The van der Waals surface area contributed by atoms with Crippen LogP contribution < -0.4 is 10.6 Å². The lowest BCUT2D eigenvalue weighted by atomic mass is 9.93. The lowest BCUT2D eigenvalue weighted by Crippen LogP contribution is -2.28. The van der Waals surface area contributed by atoms with Crippen LogP contribution in [-0.2, 0) is 12.0 Å². The predicted molar refractivity (Wildman–Crippen MR) is 77.8 cm³/mol. The Morgan fingerprint density at radius 1 is 1.38 bits per heavy atom. The molecular weight excluding hydrogens is 270 g/mol. The molecule has 21 heavy (non-hydrogen) atoms. The van der Waals surface area contributed by atoms with Crippen LogP contribution in [0, 0.1) is 6.92 Å².